The Hall–Kier alpha value is -2.95. The molecule has 5 nitrogen and oxygen atoms in total. The minimum atomic E-state index is -1.05. The lowest BCUT2D eigenvalue weighted by Gasteiger charge is -2.09. The third-order valence-corrected chi connectivity index (χ3v) is 3.44. The van der Waals surface area contributed by atoms with Gasteiger partial charge in [0.25, 0.3) is 0 Å². The van der Waals surface area contributed by atoms with E-state index >= 15 is 0 Å². The van der Waals surface area contributed by atoms with Crippen LogP contribution in [0.15, 0.2) is 36.4 Å². The van der Waals surface area contributed by atoms with Gasteiger partial charge < -0.3 is 10.2 Å². The average Bonchev–Trinajstić information content (AvgIpc) is 2.46. The minimum absolute atomic E-state index is 0.118. The number of aryl methyl sites for hydroxylation is 2. The van der Waals surface area contributed by atoms with Crippen LogP contribution in [-0.2, 0) is 0 Å². The number of carboxylic acids is 2. The Kier molecular flexibility index (Phi) is 4.08. The molecule has 0 atom stereocenters. The van der Waals surface area contributed by atoms with Crippen molar-refractivity contribution >= 4 is 17.7 Å². The number of carboxylic acid groups (broad SMARTS) is 2. The van der Waals surface area contributed by atoms with E-state index in [9.17, 15) is 14.4 Å². The molecule has 0 bridgehead atoms. The summed E-state index contributed by atoms with van der Waals surface area (Å²) >= 11 is 0. The summed E-state index contributed by atoms with van der Waals surface area (Å²) in [6.45, 7) is 3.33. The van der Waals surface area contributed by atoms with Crippen LogP contribution in [0.25, 0.3) is 0 Å². The first-order chi connectivity index (χ1) is 10.3. The molecule has 5 heteroatoms. The Labute approximate surface area is 126 Å². The van der Waals surface area contributed by atoms with Crippen molar-refractivity contribution in [1.82, 2.24) is 0 Å². The van der Waals surface area contributed by atoms with E-state index in [1.807, 2.05) is 0 Å². The van der Waals surface area contributed by atoms with E-state index in [4.69, 9.17) is 10.2 Å². The second-order valence-corrected chi connectivity index (χ2v) is 5.00. The number of carbonyl (C=O) groups is 3. The van der Waals surface area contributed by atoms with Crippen LogP contribution in [-0.4, -0.2) is 27.9 Å². The number of rotatable bonds is 4. The lowest BCUT2D eigenvalue weighted by Crippen LogP contribution is -2.08. The molecule has 0 aromatic heterocycles. The molecule has 0 unspecified atom stereocenters. The molecule has 0 fully saturated rings. The molecule has 22 heavy (non-hydrogen) atoms. The van der Waals surface area contributed by atoms with Gasteiger partial charge in [0.05, 0.1) is 11.1 Å². The van der Waals surface area contributed by atoms with Crippen LogP contribution in [0.4, 0.5) is 0 Å². The van der Waals surface area contributed by atoms with E-state index in [0.717, 1.165) is 0 Å². The van der Waals surface area contributed by atoms with Gasteiger partial charge in [0.1, 0.15) is 0 Å². The molecule has 0 spiro atoms. The number of benzene rings is 2. The first-order valence-electron chi connectivity index (χ1n) is 6.54. The van der Waals surface area contributed by atoms with E-state index in [0.29, 0.717) is 22.3 Å². The fourth-order valence-electron chi connectivity index (χ4n) is 2.25. The Morgan fingerprint density at radius 3 is 1.36 bits per heavy atom. The maximum Gasteiger partial charge on any atom is 0.335 e. The molecule has 0 saturated heterocycles. The summed E-state index contributed by atoms with van der Waals surface area (Å²) in [5, 5.41) is 17.9. The molecule has 0 aliphatic heterocycles. The normalized spacial score (nSPS) is 10.3. The molecule has 2 aromatic rings. The van der Waals surface area contributed by atoms with Crippen molar-refractivity contribution in [3.8, 4) is 0 Å². The molecule has 112 valence electrons. The van der Waals surface area contributed by atoms with E-state index < -0.39 is 11.9 Å². The van der Waals surface area contributed by atoms with Gasteiger partial charge in [-0.1, -0.05) is 0 Å². The van der Waals surface area contributed by atoms with Crippen LogP contribution < -0.4 is 0 Å². The molecule has 0 amide bonds. The molecule has 0 aliphatic carbocycles. The smallest absolute Gasteiger partial charge is 0.335 e. The predicted octanol–water partition coefficient (Wildman–Crippen LogP) is 2.93. The second kappa shape index (κ2) is 5.81. The summed E-state index contributed by atoms with van der Waals surface area (Å²) in [4.78, 5) is 34.4. The van der Waals surface area contributed by atoms with Crippen molar-refractivity contribution in [2.45, 2.75) is 13.8 Å². The van der Waals surface area contributed by atoms with Crippen LogP contribution in [0.5, 0.6) is 0 Å². The van der Waals surface area contributed by atoms with Crippen molar-refractivity contribution in [2.75, 3.05) is 0 Å². The molecule has 0 heterocycles. The predicted molar refractivity (Wildman–Crippen MR) is 79.7 cm³/mol. The number of ketones is 1. The van der Waals surface area contributed by atoms with Crippen molar-refractivity contribution in [3.63, 3.8) is 0 Å². The number of carbonyl (C=O) groups excluding carboxylic acids is 1. The Balaban J connectivity index is 2.44. The zero-order valence-corrected chi connectivity index (χ0v) is 12.1. The summed E-state index contributed by atoms with van der Waals surface area (Å²) in [5.74, 6) is -2.36. The Morgan fingerprint density at radius 2 is 1.09 bits per heavy atom. The van der Waals surface area contributed by atoms with E-state index in [-0.39, 0.29) is 16.9 Å². The van der Waals surface area contributed by atoms with Crippen molar-refractivity contribution in [1.29, 1.82) is 0 Å². The van der Waals surface area contributed by atoms with E-state index in [1.54, 1.807) is 13.8 Å². The molecule has 0 aliphatic rings. The van der Waals surface area contributed by atoms with Crippen LogP contribution in [0, 0.1) is 13.8 Å². The molecule has 2 aromatic carbocycles. The van der Waals surface area contributed by atoms with Gasteiger partial charge in [-0.25, -0.2) is 9.59 Å². The summed E-state index contributed by atoms with van der Waals surface area (Å²) in [6.07, 6.45) is 0. The number of hydrogen-bond acceptors (Lipinski definition) is 3. The maximum atomic E-state index is 12.6. The third-order valence-electron chi connectivity index (χ3n) is 3.44. The van der Waals surface area contributed by atoms with Crippen molar-refractivity contribution < 1.29 is 24.6 Å². The third kappa shape index (κ3) is 2.88. The van der Waals surface area contributed by atoms with Crippen molar-refractivity contribution in [2.24, 2.45) is 0 Å². The van der Waals surface area contributed by atoms with Crippen LogP contribution in [0.1, 0.15) is 47.8 Å². The highest BCUT2D eigenvalue weighted by Crippen LogP contribution is 2.19. The van der Waals surface area contributed by atoms with Gasteiger partial charge in [-0.05, 0) is 61.4 Å². The first-order valence-corrected chi connectivity index (χ1v) is 6.54. The molecule has 0 saturated carbocycles. The summed E-state index contributed by atoms with van der Waals surface area (Å²) < 4.78 is 0. The molecular formula is C17H14O5. The topological polar surface area (TPSA) is 91.7 Å². The highest BCUT2D eigenvalue weighted by Gasteiger charge is 2.16. The standard InChI is InChI=1S/C17H14O5/c1-9-7-11(16(19)20)3-5-13(9)15(18)14-6-4-12(17(21)22)8-10(14)2/h3-8H,1-2H3,(H,19,20)(H,21,22). The van der Waals surface area contributed by atoms with Gasteiger partial charge in [0.15, 0.2) is 5.78 Å². The van der Waals surface area contributed by atoms with Gasteiger partial charge >= 0.3 is 11.9 Å². The minimum Gasteiger partial charge on any atom is -0.478 e. The van der Waals surface area contributed by atoms with Crippen molar-refractivity contribution in [3.05, 3.63) is 69.8 Å². The van der Waals surface area contributed by atoms with Gasteiger partial charge in [0, 0.05) is 11.1 Å². The van der Waals surface area contributed by atoms with Crippen LogP contribution in [0.3, 0.4) is 0 Å². The Morgan fingerprint density at radius 1 is 0.727 bits per heavy atom. The molecule has 0 radical (unpaired) electrons. The van der Waals surface area contributed by atoms with Gasteiger partial charge in [-0.2, -0.15) is 0 Å². The summed E-state index contributed by atoms with van der Waals surface area (Å²) in [5.41, 5.74) is 2.16. The molecular weight excluding hydrogens is 284 g/mol. The largest absolute Gasteiger partial charge is 0.478 e. The number of aromatic carboxylic acids is 2. The zero-order chi connectivity index (χ0) is 16.4. The van der Waals surface area contributed by atoms with Crippen LogP contribution in [0.2, 0.25) is 0 Å². The highest BCUT2D eigenvalue weighted by atomic mass is 16.4. The van der Waals surface area contributed by atoms with Gasteiger partial charge in [-0.15, -0.1) is 0 Å². The average molecular weight is 298 g/mol. The summed E-state index contributed by atoms with van der Waals surface area (Å²) in [6, 6.07) is 8.59. The highest BCUT2D eigenvalue weighted by molar-refractivity contribution is 6.11. The van der Waals surface area contributed by atoms with E-state index in [2.05, 4.69) is 0 Å². The second-order valence-electron chi connectivity index (χ2n) is 5.00. The van der Waals surface area contributed by atoms with Crippen LogP contribution >= 0.6 is 0 Å². The fourth-order valence-corrected chi connectivity index (χ4v) is 2.25. The first kappa shape index (κ1) is 15.4. The lowest BCUT2D eigenvalue weighted by atomic mass is 9.94. The Bertz CT molecular complexity index is 724. The van der Waals surface area contributed by atoms with Gasteiger partial charge in [-0.3, -0.25) is 4.79 Å². The monoisotopic (exact) mass is 298 g/mol. The molecule has 2 N–H and O–H groups in total. The summed E-state index contributed by atoms with van der Waals surface area (Å²) in [7, 11) is 0. The van der Waals surface area contributed by atoms with Gasteiger partial charge in [0.2, 0.25) is 0 Å². The molecule has 2 rings (SSSR count). The number of hydrogen-bond donors (Lipinski definition) is 2. The fraction of sp³-hybridized carbons (Fsp3) is 0.118. The lowest BCUT2D eigenvalue weighted by molar-refractivity contribution is 0.0686. The maximum absolute atomic E-state index is 12.6. The zero-order valence-electron chi connectivity index (χ0n) is 12.1. The van der Waals surface area contributed by atoms with E-state index in [1.165, 1.54) is 36.4 Å². The quantitative estimate of drug-likeness (QED) is 0.847. The SMILES string of the molecule is Cc1cc(C(=O)O)ccc1C(=O)c1ccc(C(=O)O)cc1C.